The van der Waals surface area contributed by atoms with Gasteiger partial charge in [-0.25, -0.2) is 9.97 Å². The molecule has 0 aliphatic heterocycles. The quantitative estimate of drug-likeness (QED) is 0.157. The summed E-state index contributed by atoms with van der Waals surface area (Å²) in [5.74, 6) is 1.84. The van der Waals surface area contributed by atoms with E-state index in [-0.39, 0.29) is 5.41 Å². The van der Waals surface area contributed by atoms with E-state index in [0.717, 1.165) is 61.8 Å². The first-order chi connectivity index (χ1) is 32.0. The lowest BCUT2D eigenvalue weighted by molar-refractivity contribution is 0.661. The molecular formula is C61H42N4. The van der Waals surface area contributed by atoms with Crippen molar-refractivity contribution in [2.75, 3.05) is 0 Å². The molecule has 0 saturated carbocycles. The van der Waals surface area contributed by atoms with Gasteiger partial charge in [0.15, 0.2) is 0 Å². The second-order valence-corrected chi connectivity index (χ2v) is 17.8. The molecule has 0 bridgehead atoms. The Bertz CT molecular complexity index is 3840. The van der Waals surface area contributed by atoms with E-state index in [9.17, 15) is 0 Å². The zero-order valence-electron chi connectivity index (χ0n) is 36.1. The van der Waals surface area contributed by atoms with Crippen LogP contribution in [0.5, 0.6) is 0 Å². The monoisotopic (exact) mass is 830 g/mol. The summed E-state index contributed by atoms with van der Waals surface area (Å²) in [5, 5.41) is 4.90. The molecule has 4 nitrogen and oxygen atoms in total. The third-order valence-electron chi connectivity index (χ3n) is 13.7. The minimum atomic E-state index is -0.167. The van der Waals surface area contributed by atoms with Crippen molar-refractivity contribution >= 4 is 43.6 Å². The number of para-hydroxylation sites is 6. The Morgan fingerprint density at radius 2 is 0.831 bits per heavy atom. The molecule has 306 valence electrons. The van der Waals surface area contributed by atoms with Crippen molar-refractivity contribution < 1.29 is 0 Å². The second-order valence-electron chi connectivity index (χ2n) is 17.8. The number of benzene rings is 10. The van der Waals surface area contributed by atoms with Crippen LogP contribution in [0.4, 0.5) is 0 Å². The molecule has 0 fully saturated rings. The van der Waals surface area contributed by atoms with Crippen LogP contribution in [0, 0.1) is 0 Å². The molecule has 4 heteroatoms. The van der Waals surface area contributed by atoms with Crippen LogP contribution in [-0.4, -0.2) is 19.1 Å². The van der Waals surface area contributed by atoms with Gasteiger partial charge in [-0.3, -0.25) is 9.13 Å². The van der Waals surface area contributed by atoms with Crippen LogP contribution in [-0.2, 0) is 5.41 Å². The molecule has 1 aliphatic rings. The maximum absolute atomic E-state index is 5.28. The summed E-state index contributed by atoms with van der Waals surface area (Å²) in [6, 6.07) is 79.0. The molecule has 2 aromatic heterocycles. The topological polar surface area (TPSA) is 35.6 Å². The summed E-state index contributed by atoms with van der Waals surface area (Å²) >= 11 is 0. The SMILES string of the molecule is CC1(C)c2ccccc2-c2cc3c(-c4cccc(-c5nc6ccccc6n5-c5ccccc5)c4)c4ccccc4c(-c4ccc(-c5nc6ccccc6n5-c5ccccc5)cc4)c3cc21. The molecule has 65 heavy (non-hydrogen) atoms. The van der Waals surface area contributed by atoms with E-state index in [1.54, 1.807) is 0 Å². The van der Waals surface area contributed by atoms with Crippen LogP contribution >= 0.6 is 0 Å². The minimum absolute atomic E-state index is 0.167. The average molecular weight is 831 g/mol. The van der Waals surface area contributed by atoms with Gasteiger partial charge < -0.3 is 0 Å². The first kappa shape index (κ1) is 37.2. The predicted molar refractivity (Wildman–Crippen MR) is 270 cm³/mol. The molecule has 13 rings (SSSR count). The molecule has 0 N–H and O–H groups in total. The van der Waals surface area contributed by atoms with Crippen molar-refractivity contribution in [3.63, 3.8) is 0 Å². The van der Waals surface area contributed by atoms with E-state index >= 15 is 0 Å². The first-order valence-corrected chi connectivity index (χ1v) is 22.4. The van der Waals surface area contributed by atoms with Crippen LogP contribution in [0.25, 0.3) is 111 Å². The Morgan fingerprint density at radius 1 is 0.338 bits per heavy atom. The summed E-state index contributed by atoms with van der Waals surface area (Å²) in [4.78, 5) is 10.5. The summed E-state index contributed by atoms with van der Waals surface area (Å²) in [7, 11) is 0. The lowest BCUT2D eigenvalue weighted by Crippen LogP contribution is -2.14. The highest BCUT2D eigenvalue weighted by Crippen LogP contribution is 2.53. The smallest absolute Gasteiger partial charge is 0.145 e. The van der Waals surface area contributed by atoms with E-state index in [1.807, 2.05) is 0 Å². The van der Waals surface area contributed by atoms with Crippen molar-refractivity contribution in [2.24, 2.45) is 0 Å². The number of hydrogen-bond acceptors (Lipinski definition) is 2. The molecule has 0 amide bonds. The summed E-state index contributed by atoms with van der Waals surface area (Å²) in [6.07, 6.45) is 0. The van der Waals surface area contributed by atoms with Gasteiger partial charge in [-0.2, -0.15) is 0 Å². The van der Waals surface area contributed by atoms with Gasteiger partial charge >= 0.3 is 0 Å². The number of nitrogens with zero attached hydrogens (tertiary/aromatic N) is 4. The number of imidazole rings is 2. The van der Waals surface area contributed by atoms with Crippen molar-refractivity contribution in [2.45, 2.75) is 19.3 Å². The maximum atomic E-state index is 5.28. The zero-order chi connectivity index (χ0) is 43.2. The van der Waals surface area contributed by atoms with Gasteiger partial charge in [0.1, 0.15) is 11.6 Å². The van der Waals surface area contributed by atoms with Gasteiger partial charge in [-0.15, -0.1) is 0 Å². The second kappa shape index (κ2) is 14.3. The van der Waals surface area contributed by atoms with Gasteiger partial charge in [0.2, 0.25) is 0 Å². The third kappa shape index (κ3) is 5.70. The standard InChI is InChI=1S/C61H42N4/c1-61(2)51-27-12-11-24-45(51)48-37-49-50(38-52(48)61)57(39-32-34-40(35-33-39)59-62-53-28-13-15-30-55(53)64(59)43-20-5-3-6-21-43)46-25-9-10-26-47(46)58(49)41-18-17-19-42(36-41)60-63-54-29-14-16-31-56(54)65(60)44-22-7-4-8-23-44/h3-38H,1-2H3. The largest absolute Gasteiger partial charge is 0.292 e. The molecular weight excluding hydrogens is 789 g/mol. The maximum Gasteiger partial charge on any atom is 0.145 e. The van der Waals surface area contributed by atoms with E-state index in [2.05, 4.69) is 241 Å². The normalized spacial score (nSPS) is 12.9. The van der Waals surface area contributed by atoms with E-state index < -0.39 is 0 Å². The lowest BCUT2D eigenvalue weighted by Gasteiger charge is -2.24. The molecule has 1 aliphatic carbocycles. The van der Waals surface area contributed by atoms with Gasteiger partial charge in [0.25, 0.3) is 0 Å². The molecule has 0 unspecified atom stereocenters. The highest BCUT2D eigenvalue weighted by Gasteiger charge is 2.36. The lowest BCUT2D eigenvalue weighted by atomic mass is 9.79. The van der Waals surface area contributed by atoms with E-state index in [4.69, 9.17) is 9.97 Å². The van der Waals surface area contributed by atoms with Gasteiger partial charge in [-0.05, 0) is 133 Å². The molecule has 0 atom stereocenters. The fourth-order valence-electron chi connectivity index (χ4n) is 10.7. The average Bonchev–Trinajstić information content (AvgIpc) is 4.02. The fourth-order valence-corrected chi connectivity index (χ4v) is 10.7. The number of aromatic nitrogens is 4. The molecule has 2 heterocycles. The molecule has 12 aromatic rings. The van der Waals surface area contributed by atoms with Crippen molar-refractivity contribution in [3.05, 3.63) is 230 Å². The first-order valence-electron chi connectivity index (χ1n) is 22.4. The van der Waals surface area contributed by atoms with Crippen LogP contribution in [0.15, 0.2) is 218 Å². The van der Waals surface area contributed by atoms with Crippen LogP contribution in [0.2, 0.25) is 0 Å². The van der Waals surface area contributed by atoms with Crippen molar-refractivity contribution in [1.29, 1.82) is 0 Å². The number of hydrogen-bond donors (Lipinski definition) is 0. The minimum Gasteiger partial charge on any atom is -0.292 e. The van der Waals surface area contributed by atoms with Crippen LogP contribution < -0.4 is 0 Å². The van der Waals surface area contributed by atoms with Crippen molar-refractivity contribution in [1.82, 2.24) is 19.1 Å². The van der Waals surface area contributed by atoms with E-state index in [1.165, 1.54) is 60.5 Å². The Kier molecular flexibility index (Phi) is 8.22. The molecule has 0 saturated heterocycles. The highest BCUT2D eigenvalue weighted by molar-refractivity contribution is 6.22. The summed E-state index contributed by atoms with van der Waals surface area (Å²) in [6.45, 7) is 4.75. The Labute approximate surface area is 377 Å². The van der Waals surface area contributed by atoms with E-state index in [0.29, 0.717) is 0 Å². The Hall–Kier alpha value is -8.34. The summed E-state index contributed by atoms with van der Waals surface area (Å²) in [5.41, 5.74) is 18.4. The fraction of sp³-hybridized carbons (Fsp3) is 0.0492. The molecule has 10 aromatic carbocycles. The van der Waals surface area contributed by atoms with Gasteiger partial charge in [0, 0.05) is 27.9 Å². The highest BCUT2D eigenvalue weighted by atomic mass is 15.1. The van der Waals surface area contributed by atoms with Gasteiger partial charge in [-0.1, -0.05) is 166 Å². The molecule has 0 spiro atoms. The Morgan fingerprint density at radius 3 is 1.48 bits per heavy atom. The Balaban J connectivity index is 1.06. The zero-order valence-corrected chi connectivity index (χ0v) is 36.1. The number of rotatable bonds is 6. The summed E-state index contributed by atoms with van der Waals surface area (Å²) < 4.78 is 4.56. The predicted octanol–water partition coefficient (Wildman–Crippen LogP) is 15.6. The number of fused-ring (bicyclic) bond motifs is 7. The third-order valence-corrected chi connectivity index (χ3v) is 13.7. The van der Waals surface area contributed by atoms with Crippen LogP contribution in [0.3, 0.4) is 0 Å². The van der Waals surface area contributed by atoms with Crippen molar-refractivity contribution in [3.8, 4) is 67.5 Å². The van der Waals surface area contributed by atoms with Crippen LogP contribution in [0.1, 0.15) is 25.0 Å². The van der Waals surface area contributed by atoms with Gasteiger partial charge in [0.05, 0.1) is 22.1 Å². The molecule has 0 radical (unpaired) electrons.